The van der Waals surface area contributed by atoms with Gasteiger partial charge in [0.25, 0.3) is 0 Å². The molecule has 2 N–H and O–H groups in total. The molecule has 3 nitrogen and oxygen atoms in total. The van der Waals surface area contributed by atoms with Crippen LogP contribution in [0.15, 0.2) is 0 Å². The van der Waals surface area contributed by atoms with Crippen LogP contribution in [0.2, 0.25) is 5.82 Å². The molecule has 0 saturated heterocycles. The van der Waals surface area contributed by atoms with Crippen molar-refractivity contribution in [3.8, 4) is 0 Å². The molecule has 0 aromatic carbocycles. The molecule has 0 aliphatic heterocycles. The minimum absolute atomic E-state index is 0.0168. The fourth-order valence-electron chi connectivity index (χ4n) is 1.40. The zero-order valence-corrected chi connectivity index (χ0v) is 6.37. The van der Waals surface area contributed by atoms with Crippen molar-refractivity contribution in [3.05, 3.63) is 0 Å². The second-order valence-corrected chi connectivity index (χ2v) is 3.31. The molecule has 1 unspecified atom stereocenters. The van der Waals surface area contributed by atoms with Gasteiger partial charge in [-0.2, -0.15) is 0 Å². The Bertz CT molecular complexity index is 128. The molecule has 4 heteroatoms. The average Bonchev–Trinajstić information content (AvgIpc) is 2.43. The van der Waals surface area contributed by atoms with E-state index in [1.807, 2.05) is 6.92 Å². The maximum absolute atomic E-state index is 8.75. The van der Waals surface area contributed by atoms with Crippen LogP contribution in [0.1, 0.15) is 13.3 Å². The highest BCUT2D eigenvalue weighted by molar-refractivity contribution is 6.44. The highest BCUT2D eigenvalue weighted by Gasteiger charge is 2.55. The number of hydrogen-bond acceptors (Lipinski definition) is 3. The Morgan fingerprint density at radius 1 is 1.70 bits per heavy atom. The van der Waals surface area contributed by atoms with Crippen molar-refractivity contribution in [3.63, 3.8) is 0 Å². The number of ether oxygens (including phenoxy) is 1. The Morgan fingerprint density at radius 3 is 2.60 bits per heavy atom. The first-order valence-electron chi connectivity index (χ1n) is 3.45. The molecule has 58 valence electrons. The summed E-state index contributed by atoms with van der Waals surface area (Å²) in [5.74, 6) is 0.0208. The Hall–Kier alpha value is -0.0551. The summed E-state index contributed by atoms with van der Waals surface area (Å²) in [6.45, 7) is 2.62. The van der Waals surface area contributed by atoms with E-state index in [1.54, 1.807) is 7.11 Å². The second kappa shape index (κ2) is 2.53. The van der Waals surface area contributed by atoms with Crippen molar-refractivity contribution in [2.75, 3.05) is 13.7 Å². The van der Waals surface area contributed by atoms with Crippen LogP contribution in [-0.2, 0) is 4.74 Å². The van der Waals surface area contributed by atoms with Crippen LogP contribution >= 0.6 is 0 Å². The van der Waals surface area contributed by atoms with Crippen molar-refractivity contribution < 1.29 is 14.8 Å². The van der Waals surface area contributed by atoms with Gasteiger partial charge in [0.05, 0.1) is 6.61 Å². The van der Waals surface area contributed by atoms with Crippen LogP contribution < -0.4 is 0 Å². The maximum Gasteiger partial charge on any atom is 0.455 e. The zero-order valence-electron chi connectivity index (χ0n) is 6.37. The maximum atomic E-state index is 8.75. The highest BCUT2D eigenvalue weighted by atomic mass is 16.5. The SMILES string of the molecule is COC[C@]1(C)CC1B(O)O. The van der Waals surface area contributed by atoms with E-state index in [2.05, 4.69) is 0 Å². The van der Waals surface area contributed by atoms with E-state index in [-0.39, 0.29) is 11.2 Å². The summed E-state index contributed by atoms with van der Waals surface area (Å²) in [4.78, 5) is 0. The minimum atomic E-state index is -1.17. The topological polar surface area (TPSA) is 49.7 Å². The normalized spacial score (nSPS) is 37.8. The number of hydrogen-bond donors (Lipinski definition) is 2. The van der Waals surface area contributed by atoms with Crippen LogP contribution in [0.5, 0.6) is 0 Å². The number of methoxy groups -OCH3 is 1. The molecule has 1 fully saturated rings. The summed E-state index contributed by atoms with van der Waals surface area (Å²) in [7, 11) is 0.463. The van der Waals surface area contributed by atoms with Crippen LogP contribution in [0.4, 0.5) is 0 Å². The van der Waals surface area contributed by atoms with Gasteiger partial charge in [0, 0.05) is 12.9 Å². The monoisotopic (exact) mass is 144 g/mol. The smallest absolute Gasteiger partial charge is 0.427 e. The van der Waals surface area contributed by atoms with E-state index in [1.165, 1.54) is 0 Å². The summed E-state index contributed by atoms with van der Waals surface area (Å²) in [6.07, 6.45) is 0.860. The predicted molar refractivity (Wildman–Crippen MR) is 38.5 cm³/mol. The minimum Gasteiger partial charge on any atom is -0.427 e. The van der Waals surface area contributed by atoms with Gasteiger partial charge in [-0.25, -0.2) is 0 Å². The molecule has 0 aromatic rings. The molecule has 1 aliphatic rings. The first-order chi connectivity index (χ1) is 4.60. The molecule has 10 heavy (non-hydrogen) atoms. The quantitative estimate of drug-likeness (QED) is 0.543. The average molecular weight is 144 g/mol. The second-order valence-electron chi connectivity index (χ2n) is 3.31. The summed E-state index contributed by atoms with van der Waals surface area (Å²) in [5.41, 5.74) is 0.0168. The Morgan fingerprint density at radius 2 is 2.30 bits per heavy atom. The van der Waals surface area contributed by atoms with Crippen molar-refractivity contribution in [1.29, 1.82) is 0 Å². The predicted octanol–water partition coefficient (Wildman–Crippen LogP) is -0.114. The van der Waals surface area contributed by atoms with Crippen LogP contribution in [0.25, 0.3) is 0 Å². The fraction of sp³-hybridized carbons (Fsp3) is 1.00. The van der Waals surface area contributed by atoms with Crippen LogP contribution in [-0.4, -0.2) is 30.9 Å². The summed E-state index contributed by atoms with van der Waals surface area (Å²) in [6, 6.07) is 0. The van der Waals surface area contributed by atoms with Crippen LogP contribution in [0, 0.1) is 5.41 Å². The first-order valence-corrected chi connectivity index (χ1v) is 3.45. The molecule has 0 heterocycles. The lowest BCUT2D eigenvalue weighted by Gasteiger charge is -2.07. The Labute approximate surface area is 61.2 Å². The van der Waals surface area contributed by atoms with Gasteiger partial charge in [0.1, 0.15) is 0 Å². The summed E-state index contributed by atoms with van der Waals surface area (Å²) >= 11 is 0. The summed E-state index contributed by atoms with van der Waals surface area (Å²) < 4.78 is 4.93. The molecule has 1 rings (SSSR count). The molecule has 1 aliphatic carbocycles. The fourth-order valence-corrected chi connectivity index (χ4v) is 1.40. The van der Waals surface area contributed by atoms with Crippen molar-refractivity contribution >= 4 is 7.12 Å². The van der Waals surface area contributed by atoms with Gasteiger partial charge < -0.3 is 14.8 Å². The lowest BCUT2D eigenvalue weighted by Crippen LogP contribution is -2.17. The largest absolute Gasteiger partial charge is 0.455 e. The standard InChI is InChI=1S/C6H13BO3/c1-6(4-10-2)3-5(6)7(8)9/h5,8-9H,3-4H2,1-2H3/t5?,6-/m0/s1. The molecular weight excluding hydrogens is 131 g/mol. The van der Waals surface area contributed by atoms with E-state index < -0.39 is 7.12 Å². The van der Waals surface area contributed by atoms with E-state index in [0.29, 0.717) is 6.61 Å². The van der Waals surface area contributed by atoms with Gasteiger partial charge >= 0.3 is 7.12 Å². The van der Waals surface area contributed by atoms with E-state index in [4.69, 9.17) is 14.8 Å². The first kappa shape index (κ1) is 8.05. The third-order valence-corrected chi connectivity index (χ3v) is 2.26. The Kier molecular flexibility index (Phi) is 2.03. The molecule has 0 bridgehead atoms. The molecular formula is C6H13BO3. The number of rotatable bonds is 3. The lowest BCUT2D eigenvalue weighted by atomic mass is 9.79. The third kappa shape index (κ3) is 1.33. The molecule has 2 atom stereocenters. The van der Waals surface area contributed by atoms with E-state index in [9.17, 15) is 0 Å². The van der Waals surface area contributed by atoms with Crippen LogP contribution in [0.3, 0.4) is 0 Å². The van der Waals surface area contributed by atoms with E-state index in [0.717, 1.165) is 6.42 Å². The van der Waals surface area contributed by atoms with Crippen molar-refractivity contribution in [1.82, 2.24) is 0 Å². The van der Waals surface area contributed by atoms with E-state index >= 15 is 0 Å². The third-order valence-electron chi connectivity index (χ3n) is 2.26. The van der Waals surface area contributed by atoms with Gasteiger partial charge in [0.2, 0.25) is 0 Å². The molecule has 1 saturated carbocycles. The molecule has 0 amide bonds. The highest BCUT2D eigenvalue weighted by Crippen LogP contribution is 2.58. The van der Waals surface area contributed by atoms with Crippen molar-refractivity contribution in [2.24, 2.45) is 5.41 Å². The van der Waals surface area contributed by atoms with Gasteiger partial charge in [-0.05, 0) is 11.8 Å². The zero-order chi connectivity index (χ0) is 7.78. The Balaban J connectivity index is 2.33. The lowest BCUT2D eigenvalue weighted by molar-refractivity contribution is 0.148. The van der Waals surface area contributed by atoms with Gasteiger partial charge in [-0.3, -0.25) is 0 Å². The van der Waals surface area contributed by atoms with Gasteiger partial charge in [-0.15, -0.1) is 0 Å². The molecule has 0 spiro atoms. The van der Waals surface area contributed by atoms with Gasteiger partial charge in [0.15, 0.2) is 0 Å². The van der Waals surface area contributed by atoms with Gasteiger partial charge in [-0.1, -0.05) is 6.92 Å². The van der Waals surface area contributed by atoms with Crippen molar-refractivity contribution in [2.45, 2.75) is 19.2 Å². The molecule has 0 aromatic heterocycles. The summed E-state index contributed by atoms with van der Waals surface area (Å²) in [5, 5.41) is 17.5. The molecule has 0 radical (unpaired) electrons.